The molecule has 1 aliphatic heterocycles. The van der Waals surface area contributed by atoms with E-state index in [1.807, 2.05) is 0 Å². The van der Waals surface area contributed by atoms with Gasteiger partial charge < -0.3 is 5.73 Å². The van der Waals surface area contributed by atoms with E-state index in [2.05, 4.69) is 18.7 Å². The number of nitrogens with two attached hydrogens (primary N) is 1. The van der Waals surface area contributed by atoms with Gasteiger partial charge in [0.1, 0.15) is 0 Å². The van der Waals surface area contributed by atoms with Gasteiger partial charge in [0, 0.05) is 25.7 Å². The van der Waals surface area contributed by atoms with Gasteiger partial charge in [0.2, 0.25) is 0 Å². The zero-order valence-corrected chi connectivity index (χ0v) is 7.01. The highest BCUT2D eigenvalue weighted by molar-refractivity contribution is 4.82. The second-order valence-corrected chi connectivity index (χ2v) is 3.36. The van der Waals surface area contributed by atoms with Crippen LogP contribution in [0.15, 0.2) is 0 Å². The summed E-state index contributed by atoms with van der Waals surface area (Å²) in [6.07, 6.45) is 1.20. The summed E-state index contributed by atoms with van der Waals surface area (Å²) in [5, 5.41) is 0. The van der Waals surface area contributed by atoms with Crippen molar-refractivity contribution in [2.24, 2.45) is 11.7 Å². The van der Waals surface area contributed by atoms with Gasteiger partial charge in [-0.15, -0.1) is 0 Å². The zero-order valence-electron chi connectivity index (χ0n) is 7.01. The third kappa shape index (κ3) is 1.50. The topological polar surface area (TPSA) is 29.3 Å². The summed E-state index contributed by atoms with van der Waals surface area (Å²) in [6, 6.07) is 0.649. The second-order valence-electron chi connectivity index (χ2n) is 3.36. The molecule has 0 spiro atoms. The molecular weight excluding hydrogens is 124 g/mol. The maximum Gasteiger partial charge on any atom is 0.0216 e. The first-order valence-corrected chi connectivity index (χ1v) is 4.22. The van der Waals surface area contributed by atoms with Crippen molar-refractivity contribution in [3.05, 3.63) is 0 Å². The summed E-state index contributed by atoms with van der Waals surface area (Å²) >= 11 is 0. The molecule has 0 aromatic rings. The maximum atomic E-state index is 5.60. The first kappa shape index (κ1) is 8.02. The molecule has 1 atom stereocenters. The summed E-state index contributed by atoms with van der Waals surface area (Å²) in [6.45, 7) is 7.84. The van der Waals surface area contributed by atoms with Crippen LogP contribution in [0, 0.1) is 5.92 Å². The first-order valence-electron chi connectivity index (χ1n) is 4.22. The molecule has 0 saturated carbocycles. The van der Waals surface area contributed by atoms with E-state index in [-0.39, 0.29) is 0 Å². The quantitative estimate of drug-likeness (QED) is 0.627. The van der Waals surface area contributed by atoms with Crippen molar-refractivity contribution < 1.29 is 0 Å². The molecule has 1 rings (SSSR count). The van der Waals surface area contributed by atoms with Crippen molar-refractivity contribution in [2.45, 2.75) is 26.3 Å². The molecule has 1 unspecified atom stereocenters. The highest BCUT2D eigenvalue weighted by atomic mass is 15.2. The molecule has 1 heterocycles. The largest absolute Gasteiger partial charge is 0.329 e. The van der Waals surface area contributed by atoms with E-state index in [9.17, 15) is 0 Å². The van der Waals surface area contributed by atoms with Gasteiger partial charge in [0.05, 0.1) is 0 Å². The van der Waals surface area contributed by atoms with Gasteiger partial charge in [-0.1, -0.05) is 13.8 Å². The van der Waals surface area contributed by atoms with Crippen LogP contribution in [0.2, 0.25) is 0 Å². The summed E-state index contributed by atoms with van der Waals surface area (Å²) in [4.78, 5) is 2.48. The fourth-order valence-electron chi connectivity index (χ4n) is 1.62. The van der Waals surface area contributed by atoms with E-state index in [4.69, 9.17) is 5.73 Å². The van der Waals surface area contributed by atoms with Crippen LogP contribution in [0.5, 0.6) is 0 Å². The van der Waals surface area contributed by atoms with E-state index in [1.165, 1.54) is 19.5 Å². The van der Waals surface area contributed by atoms with Crippen LogP contribution in [0.4, 0.5) is 0 Å². The van der Waals surface area contributed by atoms with E-state index in [0.29, 0.717) is 6.04 Å². The van der Waals surface area contributed by atoms with Gasteiger partial charge >= 0.3 is 0 Å². The summed E-state index contributed by atoms with van der Waals surface area (Å²) in [7, 11) is 0. The Hall–Kier alpha value is -0.0800. The summed E-state index contributed by atoms with van der Waals surface area (Å²) in [5.41, 5.74) is 5.60. The predicted octanol–water partition coefficient (Wildman–Crippen LogP) is 0.675. The van der Waals surface area contributed by atoms with Crippen LogP contribution in [0.3, 0.4) is 0 Å². The Bertz CT molecular complexity index is 93.4. The Balaban J connectivity index is 2.21. The molecule has 0 amide bonds. The predicted molar refractivity (Wildman–Crippen MR) is 43.9 cm³/mol. The van der Waals surface area contributed by atoms with Crippen LogP contribution in [-0.2, 0) is 0 Å². The third-order valence-electron chi connectivity index (χ3n) is 2.35. The van der Waals surface area contributed by atoms with Crippen molar-refractivity contribution in [1.82, 2.24) is 4.90 Å². The molecule has 2 nitrogen and oxygen atoms in total. The van der Waals surface area contributed by atoms with Gasteiger partial charge in [0.15, 0.2) is 0 Å². The normalized spacial score (nSPS) is 24.3. The molecule has 0 aliphatic carbocycles. The highest BCUT2D eigenvalue weighted by Gasteiger charge is 2.26. The number of hydrogen-bond acceptors (Lipinski definition) is 2. The zero-order chi connectivity index (χ0) is 7.56. The van der Waals surface area contributed by atoms with Gasteiger partial charge in [0.25, 0.3) is 0 Å². The summed E-state index contributed by atoms with van der Waals surface area (Å²) < 4.78 is 0. The SMILES string of the molecule is CCC(CN)N1CC(C)C1. The molecule has 10 heavy (non-hydrogen) atoms. The number of rotatable bonds is 3. The standard InChI is InChI=1S/C8H18N2/c1-3-8(4-9)10-5-7(2)6-10/h7-8H,3-6,9H2,1-2H3. The second kappa shape index (κ2) is 3.35. The van der Waals surface area contributed by atoms with Gasteiger partial charge in [-0.3, -0.25) is 4.90 Å². The fourth-order valence-corrected chi connectivity index (χ4v) is 1.62. The van der Waals surface area contributed by atoms with Gasteiger partial charge in [-0.05, 0) is 12.3 Å². The number of hydrogen-bond donors (Lipinski definition) is 1. The molecule has 1 fully saturated rings. The molecular formula is C8H18N2. The van der Waals surface area contributed by atoms with Crippen molar-refractivity contribution >= 4 is 0 Å². The molecule has 0 aromatic carbocycles. The highest BCUT2D eigenvalue weighted by Crippen LogP contribution is 2.18. The molecule has 60 valence electrons. The lowest BCUT2D eigenvalue weighted by molar-refractivity contribution is 0.0641. The molecule has 0 bridgehead atoms. The lowest BCUT2D eigenvalue weighted by atomic mass is 9.99. The van der Waals surface area contributed by atoms with E-state index < -0.39 is 0 Å². The molecule has 1 aliphatic rings. The lowest BCUT2D eigenvalue weighted by Gasteiger charge is -2.42. The smallest absolute Gasteiger partial charge is 0.0216 e. The van der Waals surface area contributed by atoms with Crippen LogP contribution in [0.1, 0.15) is 20.3 Å². The van der Waals surface area contributed by atoms with Crippen molar-refractivity contribution in [1.29, 1.82) is 0 Å². The molecule has 0 radical (unpaired) electrons. The third-order valence-corrected chi connectivity index (χ3v) is 2.35. The molecule has 2 N–H and O–H groups in total. The molecule has 1 saturated heterocycles. The van der Waals surface area contributed by atoms with E-state index >= 15 is 0 Å². The lowest BCUT2D eigenvalue weighted by Crippen LogP contribution is -2.53. The van der Waals surface area contributed by atoms with E-state index in [0.717, 1.165) is 12.5 Å². The van der Waals surface area contributed by atoms with Crippen LogP contribution in [-0.4, -0.2) is 30.6 Å². The van der Waals surface area contributed by atoms with Crippen molar-refractivity contribution in [3.63, 3.8) is 0 Å². The maximum absolute atomic E-state index is 5.60. The average Bonchev–Trinajstić information content (AvgIpc) is 1.87. The average molecular weight is 142 g/mol. The van der Waals surface area contributed by atoms with Crippen molar-refractivity contribution in [3.8, 4) is 0 Å². The van der Waals surface area contributed by atoms with E-state index in [1.54, 1.807) is 0 Å². The van der Waals surface area contributed by atoms with Gasteiger partial charge in [-0.2, -0.15) is 0 Å². The Labute approximate surface area is 63.4 Å². The van der Waals surface area contributed by atoms with Crippen LogP contribution in [0.25, 0.3) is 0 Å². The summed E-state index contributed by atoms with van der Waals surface area (Å²) in [5.74, 6) is 0.903. The number of likely N-dealkylation sites (tertiary alicyclic amines) is 1. The first-order chi connectivity index (χ1) is 4.77. The minimum Gasteiger partial charge on any atom is -0.329 e. The van der Waals surface area contributed by atoms with Crippen LogP contribution < -0.4 is 5.73 Å². The fraction of sp³-hybridized carbons (Fsp3) is 1.00. The minimum atomic E-state index is 0.649. The molecule has 2 heteroatoms. The minimum absolute atomic E-state index is 0.649. The number of nitrogens with zero attached hydrogens (tertiary/aromatic N) is 1. The Kier molecular flexibility index (Phi) is 2.69. The molecule has 0 aromatic heterocycles. The Morgan fingerprint density at radius 2 is 2.20 bits per heavy atom. The van der Waals surface area contributed by atoms with Crippen molar-refractivity contribution in [2.75, 3.05) is 19.6 Å². The monoisotopic (exact) mass is 142 g/mol. The van der Waals surface area contributed by atoms with Gasteiger partial charge in [-0.25, -0.2) is 0 Å². The van der Waals surface area contributed by atoms with Crippen LogP contribution >= 0.6 is 0 Å². The Morgan fingerprint density at radius 1 is 1.60 bits per heavy atom. The Morgan fingerprint density at radius 3 is 2.50 bits per heavy atom.